The number of ketones is 1. The zero-order chi connectivity index (χ0) is 22.2. The van der Waals surface area contributed by atoms with E-state index in [1.165, 1.54) is 4.90 Å². The fraction of sp³-hybridized carbons (Fsp3) is 0.0741. The molecule has 2 amide bonds. The molecule has 5 nitrogen and oxygen atoms in total. The zero-order valence-corrected chi connectivity index (χ0v) is 17.4. The SMILES string of the molecule is CCOc1ccc(N2C(=O)c3cccc4c(C(=O)c5ccccc5)ccc(c34)C2=O)cc1. The minimum Gasteiger partial charge on any atom is -0.494 e. The number of anilines is 1. The number of ether oxygens (including phenoxy) is 1. The first-order chi connectivity index (χ1) is 15.6. The first kappa shape index (κ1) is 19.7. The Morgan fingerprint density at radius 3 is 2.16 bits per heavy atom. The number of hydrogen-bond acceptors (Lipinski definition) is 4. The van der Waals surface area contributed by atoms with Gasteiger partial charge in [-0.1, -0.05) is 42.5 Å². The number of amides is 2. The van der Waals surface area contributed by atoms with Crippen LogP contribution in [0.1, 0.15) is 43.6 Å². The van der Waals surface area contributed by atoms with Gasteiger partial charge in [-0.05, 0) is 54.8 Å². The molecule has 0 bridgehead atoms. The highest BCUT2D eigenvalue weighted by molar-refractivity contribution is 6.37. The summed E-state index contributed by atoms with van der Waals surface area (Å²) in [5, 5.41) is 1.12. The Kier molecular flexibility index (Phi) is 4.79. The number of rotatable bonds is 5. The maximum atomic E-state index is 13.4. The van der Waals surface area contributed by atoms with E-state index in [1.807, 2.05) is 13.0 Å². The van der Waals surface area contributed by atoms with Crippen LogP contribution in [0.3, 0.4) is 0 Å². The number of hydrogen-bond donors (Lipinski definition) is 0. The number of carbonyl (C=O) groups excluding carboxylic acids is 3. The minimum atomic E-state index is -0.415. The molecule has 0 saturated carbocycles. The highest BCUT2D eigenvalue weighted by atomic mass is 16.5. The Hall–Kier alpha value is -4.25. The van der Waals surface area contributed by atoms with E-state index in [0.717, 1.165) is 0 Å². The average molecular weight is 421 g/mol. The largest absolute Gasteiger partial charge is 0.494 e. The molecule has 1 aliphatic heterocycles. The molecule has 5 rings (SSSR count). The van der Waals surface area contributed by atoms with Crippen LogP contribution in [0, 0.1) is 0 Å². The van der Waals surface area contributed by atoms with Gasteiger partial charge in [-0.25, -0.2) is 4.90 Å². The maximum Gasteiger partial charge on any atom is 0.265 e. The normalized spacial score (nSPS) is 12.8. The van der Waals surface area contributed by atoms with Crippen LogP contribution in [0.15, 0.2) is 84.9 Å². The summed E-state index contributed by atoms with van der Waals surface area (Å²) in [6.07, 6.45) is 0. The molecule has 4 aromatic rings. The molecule has 0 atom stereocenters. The van der Waals surface area contributed by atoms with Crippen molar-refractivity contribution in [3.05, 3.63) is 107 Å². The zero-order valence-electron chi connectivity index (χ0n) is 17.4. The molecule has 0 aliphatic carbocycles. The first-order valence-corrected chi connectivity index (χ1v) is 10.4. The number of nitrogens with zero attached hydrogens (tertiary/aromatic N) is 1. The highest BCUT2D eigenvalue weighted by Gasteiger charge is 2.35. The second-order valence-electron chi connectivity index (χ2n) is 7.46. The number of carbonyl (C=O) groups is 3. The van der Waals surface area contributed by atoms with E-state index >= 15 is 0 Å². The third-order valence-electron chi connectivity index (χ3n) is 5.59. The van der Waals surface area contributed by atoms with Crippen molar-refractivity contribution in [2.75, 3.05) is 11.5 Å². The molecule has 1 heterocycles. The van der Waals surface area contributed by atoms with Crippen molar-refractivity contribution in [3.63, 3.8) is 0 Å². The van der Waals surface area contributed by atoms with E-state index in [9.17, 15) is 14.4 Å². The second kappa shape index (κ2) is 7.78. The van der Waals surface area contributed by atoms with Crippen LogP contribution in [-0.2, 0) is 0 Å². The van der Waals surface area contributed by atoms with E-state index in [-0.39, 0.29) is 5.78 Å². The van der Waals surface area contributed by atoms with Crippen LogP contribution in [0.5, 0.6) is 5.75 Å². The van der Waals surface area contributed by atoms with Crippen molar-refractivity contribution in [2.24, 2.45) is 0 Å². The van der Waals surface area contributed by atoms with Gasteiger partial charge in [0.05, 0.1) is 12.3 Å². The van der Waals surface area contributed by atoms with Gasteiger partial charge in [0, 0.05) is 27.6 Å². The van der Waals surface area contributed by atoms with Crippen LogP contribution < -0.4 is 9.64 Å². The molecule has 32 heavy (non-hydrogen) atoms. The van der Waals surface area contributed by atoms with Crippen molar-refractivity contribution >= 4 is 34.1 Å². The van der Waals surface area contributed by atoms with Crippen LogP contribution >= 0.6 is 0 Å². The van der Waals surface area contributed by atoms with Crippen LogP contribution in [0.2, 0.25) is 0 Å². The fourth-order valence-corrected chi connectivity index (χ4v) is 4.13. The molecule has 156 valence electrons. The predicted octanol–water partition coefficient (Wildman–Crippen LogP) is 5.27. The Labute approximate surface area is 184 Å². The molecule has 0 spiro atoms. The molecule has 0 unspecified atom stereocenters. The Morgan fingerprint density at radius 1 is 0.781 bits per heavy atom. The van der Waals surface area contributed by atoms with E-state index in [2.05, 4.69) is 0 Å². The van der Waals surface area contributed by atoms with Crippen molar-refractivity contribution in [2.45, 2.75) is 6.92 Å². The van der Waals surface area contributed by atoms with Crippen LogP contribution in [0.25, 0.3) is 10.8 Å². The minimum absolute atomic E-state index is 0.150. The summed E-state index contributed by atoms with van der Waals surface area (Å²) in [6.45, 7) is 2.42. The van der Waals surface area contributed by atoms with Gasteiger partial charge >= 0.3 is 0 Å². The highest BCUT2D eigenvalue weighted by Crippen LogP contribution is 2.35. The molecule has 4 aromatic carbocycles. The smallest absolute Gasteiger partial charge is 0.265 e. The third kappa shape index (κ3) is 3.06. The number of imide groups is 1. The van der Waals surface area contributed by atoms with E-state index in [1.54, 1.807) is 78.9 Å². The Balaban J connectivity index is 1.63. The summed E-state index contributed by atoms with van der Waals surface area (Å²) < 4.78 is 5.46. The Bertz CT molecular complexity index is 1350. The van der Waals surface area contributed by atoms with Gasteiger partial charge in [-0.15, -0.1) is 0 Å². The quantitative estimate of drug-likeness (QED) is 0.325. The maximum absolute atomic E-state index is 13.4. The van der Waals surface area contributed by atoms with Crippen molar-refractivity contribution in [1.82, 2.24) is 0 Å². The summed E-state index contributed by atoms with van der Waals surface area (Å²) in [5.41, 5.74) is 2.28. The second-order valence-corrected chi connectivity index (χ2v) is 7.46. The lowest BCUT2D eigenvalue weighted by atomic mass is 9.88. The predicted molar refractivity (Wildman–Crippen MR) is 123 cm³/mol. The van der Waals surface area contributed by atoms with Crippen molar-refractivity contribution < 1.29 is 19.1 Å². The lowest BCUT2D eigenvalue weighted by Crippen LogP contribution is -2.40. The molecule has 0 aromatic heterocycles. The standard InChI is InChI=1S/C27H19NO4/c1-2-32-19-13-11-18(12-14-19)28-26(30)22-10-6-9-20-21(15-16-23(24(20)22)27(28)31)25(29)17-7-4-3-5-8-17/h3-16H,2H2,1H3. The molecule has 0 radical (unpaired) electrons. The molecule has 0 saturated heterocycles. The molecule has 0 fully saturated rings. The fourth-order valence-electron chi connectivity index (χ4n) is 4.13. The molecular formula is C27H19NO4. The van der Waals surface area contributed by atoms with Gasteiger partial charge in [0.2, 0.25) is 0 Å². The van der Waals surface area contributed by atoms with E-state index in [0.29, 0.717) is 51.1 Å². The van der Waals surface area contributed by atoms with Gasteiger partial charge in [0.15, 0.2) is 5.78 Å². The summed E-state index contributed by atoms with van der Waals surface area (Å²) >= 11 is 0. The third-order valence-corrected chi connectivity index (χ3v) is 5.59. The van der Waals surface area contributed by atoms with Crippen molar-refractivity contribution in [3.8, 4) is 5.75 Å². The molecule has 1 aliphatic rings. The van der Waals surface area contributed by atoms with Crippen LogP contribution in [-0.4, -0.2) is 24.2 Å². The van der Waals surface area contributed by atoms with Gasteiger partial charge < -0.3 is 4.74 Å². The van der Waals surface area contributed by atoms with Gasteiger partial charge in [0.1, 0.15) is 5.75 Å². The average Bonchev–Trinajstić information content (AvgIpc) is 2.83. The Morgan fingerprint density at radius 2 is 1.47 bits per heavy atom. The molecule has 5 heteroatoms. The first-order valence-electron chi connectivity index (χ1n) is 10.4. The van der Waals surface area contributed by atoms with Gasteiger partial charge in [0.25, 0.3) is 11.8 Å². The molecular weight excluding hydrogens is 402 g/mol. The lowest BCUT2D eigenvalue weighted by molar-refractivity contribution is 0.0892. The van der Waals surface area contributed by atoms with Crippen molar-refractivity contribution in [1.29, 1.82) is 0 Å². The summed E-state index contributed by atoms with van der Waals surface area (Å²) in [6, 6.07) is 24.3. The summed E-state index contributed by atoms with van der Waals surface area (Å²) in [5.74, 6) is -0.314. The summed E-state index contributed by atoms with van der Waals surface area (Å²) in [4.78, 5) is 41.0. The van der Waals surface area contributed by atoms with Crippen LogP contribution in [0.4, 0.5) is 5.69 Å². The lowest BCUT2D eigenvalue weighted by Gasteiger charge is -2.27. The topological polar surface area (TPSA) is 63.7 Å². The van der Waals surface area contributed by atoms with E-state index < -0.39 is 11.8 Å². The summed E-state index contributed by atoms with van der Waals surface area (Å²) in [7, 11) is 0. The monoisotopic (exact) mass is 421 g/mol. The number of benzene rings is 4. The van der Waals surface area contributed by atoms with Gasteiger partial charge in [-0.3, -0.25) is 14.4 Å². The molecule has 0 N–H and O–H groups in total. The van der Waals surface area contributed by atoms with Gasteiger partial charge in [-0.2, -0.15) is 0 Å². The van der Waals surface area contributed by atoms with E-state index in [4.69, 9.17) is 4.74 Å².